The summed E-state index contributed by atoms with van der Waals surface area (Å²) in [6.07, 6.45) is 13.3. The summed E-state index contributed by atoms with van der Waals surface area (Å²) >= 11 is 0. The Morgan fingerprint density at radius 2 is 1.81 bits per heavy atom. The summed E-state index contributed by atoms with van der Waals surface area (Å²) in [6.45, 7) is 11.8. The number of hydrogen-bond acceptors (Lipinski definition) is 3. The third-order valence-electron chi connectivity index (χ3n) is 7.50. The van der Waals surface area contributed by atoms with Crippen LogP contribution in [0.3, 0.4) is 0 Å². The Labute approximate surface area is 194 Å². The molecule has 1 N–H and O–H groups in total. The Morgan fingerprint density at radius 1 is 1.09 bits per heavy atom. The number of nitrogens with zero attached hydrogens (tertiary/aromatic N) is 2. The fourth-order valence-electron chi connectivity index (χ4n) is 6.12. The molecule has 0 saturated heterocycles. The standard InChI is InChI=1S/C28H40FN3/c1-5-8-25(31(15-6-2)16-7-3)17-21-9-10-22-18-27-26(20(4)28(21)22)19-30-32(27)24-13-11-23(29)12-14-24/h11-14,18-21,25,30H,5-10,15-17H2,1-4H3/t20-,21+,25?/m0/s1. The third-order valence-corrected chi connectivity index (χ3v) is 7.50. The lowest BCUT2D eigenvalue weighted by molar-refractivity contribution is 0.162. The molecule has 0 amide bonds. The van der Waals surface area contributed by atoms with Gasteiger partial charge in [-0.05, 0) is 93.4 Å². The van der Waals surface area contributed by atoms with Gasteiger partial charge < -0.3 is 10.3 Å². The molecule has 4 heteroatoms. The van der Waals surface area contributed by atoms with Crippen LogP contribution in [0.25, 0.3) is 0 Å². The number of anilines is 1. The van der Waals surface area contributed by atoms with Gasteiger partial charge in [-0.15, -0.1) is 0 Å². The summed E-state index contributed by atoms with van der Waals surface area (Å²) in [7, 11) is 0. The van der Waals surface area contributed by atoms with Crippen molar-refractivity contribution in [2.75, 3.05) is 18.1 Å². The summed E-state index contributed by atoms with van der Waals surface area (Å²) in [5.74, 6) is 0.924. The monoisotopic (exact) mass is 437 g/mol. The molecule has 1 heterocycles. The number of halogens is 1. The molecule has 0 radical (unpaired) electrons. The first kappa shape index (κ1) is 23.1. The minimum absolute atomic E-state index is 0.197. The Hall–Kier alpha value is -2.07. The molecular formula is C28H40FN3. The average Bonchev–Trinajstić information content (AvgIpc) is 3.39. The van der Waals surface area contributed by atoms with Gasteiger partial charge in [-0.25, -0.2) is 4.39 Å². The van der Waals surface area contributed by atoms with Crippen molar-refractivity contribution < 1.29 is 4.39 Å². The maximum Gasteiger partial charge on any atom is 0.123 e. The smallest absolute Gasteiger partial charge is 0.123 e. The molecule has 0 spiro atoms. The minimum Gasteiger partial charge on any atom is -0.301 e. The van der Waals surface area contributed by atoms with E-state index in [1.807, 2.05) is 12.1 Å². The molecule has 1 unspecified atom stereocenters. The highest BCUT2D eigenvalue weighted by Gasteiger charge is 2.39. The fraction of sp³-hybridized carbons (Fsp3) is 0.571. The van der Waals surface area contributed by atoms with Crippen LogP contribution in [0.15, 0.2) is 59.0 Å². The number of fused-ring (bicyclic) bond motifs is 1. The molecule has 1 aromatic carbocycles. The summed E-state index contributed by atoms with van der Waals surface area (Å²) in [4.78, 5) is 2.77. The molecule has 1 aromatic rings. The lowest BCUT2D eigenvalue weighted by Gasteiger charge is -2.35. The highest BCUT2D eigenvalue weighted by atomic mass is 19.1. The van der Waals surface area contributed by atoms with Gasteiger partial charge in [-0.2, -0.15) is 0 Å². The van der Waals surface area contributed by atoms with Crippen molar-refractivity contribution in [1.29, 1.82) is 0 Å². The van der Waals surface area contributed by atoms with Gasteiger partial charge in [-0.1, -0.05) is 39.7 Å². The van der Waals surface area contributed by atoms with Crippen molar-refractivity contribution in [3.8, 4) is 0 Å². The van der Waals surface area contributed by atoms with Crippen LogP contribution < -0.4 is 10.4 Å². The molecule has 174 valence electrons. The number of hydrogen-bond donors (Lipinski definition) is 1. The van der Waals surface area contributed by atoms with E-state index in [9.17, 15) is 4.39 Å². The van der Waals surface area contributed by atoms with E-state index in [4.69, 9.17) is 0 Å². The molecule has 3 aliphatic rings. The SMILES string of the molecule is CCCC(C[C@H]1CCC2=C1[C@@H](C)C1=CNN(c3ccc(F)cc3)C1=C2)N(CCC)CCC. The van der Waals surface area contributed by atoms with Crippen LogP contribution in [0.1, 0.15) is 72.6 Å². The Kier molecular flexibility index (Phi) is 7.40. The van der Waals surface area contributed by atoms with Gasteiger partial charge in [0, 0.05) is 23.7 Å². The normalized spacial score (nSPS) is 23.1. The fourth-order valence-corrected chi connectivity index (χ4v) is 6.12. The van der Waals surface area contributed by atoms with Gasteiger partial charge in [0.25, 0.3) is 0 Å². The van der Waals surface area contributed by atoms with Gasteiger partial charge in [0.15, 0.2) is 0 Å². The zero-order valence-electron chi connectivity index (χ0n) is 20.3. The van der Waals surface area contributed by atoms with Crippen LogP contribution in [0.4, 0.5) is 10.1 Å². The summed E-state index contributed by atoms with van der Waals surface area (Å²) in [5.41, 5.74) is 10.2. The summed E-state index contributed by atoms with van der Waals surface area (Å²) in [6, 6.07) is 7.45. The summed E-state index contributed by atoms with van der Waals surface area (Å²) < 4.78 is 13.4. The quantitative estimate of drug-likeness (QED) is 0.427. The van der Waals surface area contributed by atoms with Crippen LogP contribution in [-0.4, -0.2) is 24.0 Å². The van der Waals surface area contributed by atoms with Crippen LogP contribution in [0.5, 0.6) is 0 Å². The van der Waals surface area contributed by atoms with Crippen LogP contribution >= 0.6 is 0 Å². The zero-order valence-corrected chi connectivity index (χ0v) is 20.3. The molecule has 0 aromatic heterocycles. The molecular weight excluding hydrogens is 397 g/mol. The van der Waals surface area contributed by atoms with Crippen LogP contribution in [-0.2, 0) is 0 Å². The van der Waals surface area contributed by atoms with Crippen LogP contribution in [0.2, 0.25) is 0 Å². The molecule has 2 aliphatic carbocycles. The van der Waals surface area contributed by atoms with E-state index in [0.717, 1.165) is 5.69 Å². The number of allylic oxidation sites excluding steroid dienone is 4. The van der Waals surface area contributed by atoms with E-state index in [1.165, 1.54) is 81.4 Å². The first-order chi connectivity index (χ1) is 15.6. The molecule has 4 rings (SSSR count). The van der Waals surface area contributed by atoms with Crippen LogP contribution in [0, 0.1) is 17.7 Å². The first-order valence-corrected chi connectivity index (χ1v) is 12.8. The van der Waals surface area contributed by atoms with Gasteiger partial charge in [-0.3, -0.25) is 5.01 Å². The molecule has 0 saturated carbocycles. The lowest BCUT2D eigenvalue weighted by atomic mass is 9.78. The van der Waals surface area contributed by atoms with Crippen molar-refractivity contribution in [2.45, 2.75) is 78.7 Å². The second kappa shape index (κ2) is 10.2. The maximum absolute atomic E-state index is 13.4. The van der Waals surface area contributed by atoms with Gasteiger partial charge in [0.2, 0.25) is 0 Å². The predicted molar refractivity (Wildman–Crippen MR) is 133 cm³/mol. The van der Waals surface area contributed by atoms with E-state index in [2.05, 4.69) is 55.3 Å². The number of hydrazine groups is 1. The maximum atomic E-state index is 13.4. The van der Waals surface area contributed by atoms with E-state index in [1.54, 1.807) is 11.1 Å². The van der Waals surface area contributed by atoms with E-state index in [-0.39, 0.29) is 5.82 Å². The number of benzene rings is 1. The minimum atomic E-state index is -0.197. The second-order valence-corrected chi connectivity index (χ2v) is 9.72. The van der Waals surface area contributed by atoms with Crippen molar-refractivity contribution in [1.82, 2.24) is 10.3 Å². The predicted octanol–water partition coefficient (Wildman–Crippen LogP) is 6.96. The average molecular weight is 438 g/mol. The van der Waals surface area contributed by atoms with Crippen molar-refractivity contribution >= 4 is 5.69 Å². The first-order valence-electron chi connectivity index (χ1n) is 12.8. The van der Waals surface area contributed by atoms with Gasteiger partial charge in [0.1, 0.15) is 5.82 Å². The Morgan fingerprint density at radius 3 is 2.47 bits per heavy atom. The Bertz CT molecular complexity index is 876. The topological polar surface area (TPSA) is 18.5 Å². The third kappa shape index (κ3) is 4.52. The molecule has 0 fully saturated rings. The number of rotatable bonds is 10. The van der Waals surface area contributed by atoms with Gasteiger partial charge >= 0.3 is 0 Å². The van der Waals surface area contributed by atoms with Crippen molar-refractivity contribution in [3.05, 3.63) is 64.8 Å². The second-order valence-electron chi connectivity index (χ2n) is 9.72. The summed E-state index contributed by atoms with van der Waals surface area (Å²) in [5, 5.41) is 2.10. The van der Waals surface area contributed by atoms with E-state index < -0.39 is 0 Å². The molecule has 0 bridgehead atoms. The van der Waals surface area contributed by atoms with E-state index >= 15 is 0 Å². The number of nitrogens with one attached hydrogen (secondary N) is 1. The molecule has 3 nitrogen and oxygen atoms in total. The Balaban J connectivity index is 1.57. The van der Waals surface area contributed by atoms with Gasteiger partial charge in [0.05, 0.1) is 11.4 Å². The van der Waals surface area contributed by atoms with Crippen molar-refractivity contribution in [2.24, 2.45) is 11.8 Å². The zero-order chi connectivity index (χ0) is 22.7. The van der Waals surface area contributed by atoms with Crippen molar-refractivity contribution in [3.63, 3.8) is 0 Å². The molecule has 1 aliphatic heterocycles. The lowest BCUT2D eigenvalue weighted by Crippen LogP contribution is -2.38. The highest BCUT2D eigenvalue weighted by molar-refractivity contribution is 5.64. The molecule has 32 heavy (non-hydrogen) atoms. The molecule has 3 atom stereocenters. The highest BCUT2D eigenvalue weighted by Crippen LogP contribution is 2.49. The largest absolute Gasteiger partial charge is 0.301 e. The van der Waals surface area contributed by atoms with E-state index in [0.29, 0.717) is 17.9 Å².